The van der Waals surface area contributed by atoms with Crippen LogP contribution in [0.1, 0.15) is 20.3 Å². The molecule has 4 nitrogen and oxygen atoms in total. The summed E-state index contributed by atoms with van der Waals surface area (Å²) in [6.07, 6.45) is 0.588. The van der Waals surface area contributed by atoms with E-state index in [4.69, 9.17) is 5.73 Å². The molecule has 0 bridgehead atoms. The summed E-state index contributed by atoms with van der Waals surface area (Å²) in [7, 11) is 0. The van der Waals surface area contributed by atoms with Crippen molar-refractivity contribution in [2.45, 2.75) is 32.4 Å². The maximum atomic E-state index is 11.2. The molecule has 3 N–H and O–H groups in total. The molecule has 0 aromatic heterocycles. The second-order valence-electron chi connectivity index (χ2n) is 3.99. The lowest BCUT2D eigenvalue weighted by atomic mass is 10.1. The van der Waals surface area contributed by atoms with Crippen LogP contribution >= 0.6 is 0 Å². The SMILES string of the molecule is CC(C)NC(=O)CCN1CC(N)C1. The van der Waals surface area contributed by atoms with Gasteiger partial charge in [-0.2, -0.15) is 0 Å². The molecule has 76 valence electrons. The van der Waals surface area contributed by atoms with Crippen molar-refractivity contribution >= 4 is 5.91 Å². The summed E-state index contributed by atoms with van der Waals surface area (Å²) in [5.41, 5.74) is 5.61. The quantitative estimate of drug-likeness (QED) is 0.623. The van der Waals surface area contributed by atoms with Crippen LogP contribution in [-0.2, 0) is 4.79 Å². The molecule has 1 fully saturated rings. The van der Waals surface area contributed by atoms with Crippen LogP contribution in [0.4, 0.5) is 0 Å². The number of hydrogen-bond acceptors (Lipinski definition) is 3. The molecular formula is C9H19N3O. The van der Waals surface area contributed by atoms with E-state index in [9.17, 15) is 4.79 Å². The van der Waals surface area contributed by atoms with E-state index in [1.165, 1.54) is 0 Å². The second kappa shape index (κ2) is 4.58. The summed E-state index contributed by atoms with van der Waals surface area (Å²) in [6, 6.07) is 0.569. The van der Waals surface area contributed by atoms with Crippen LogP contribution in [0.5, 0.6) is 0 Å². The van der Waals surface area contributed by atoms with E-state index in [0.29, 0.717) is 12.5 Å². The molecule has 13 heavy (non-hydrogen) atoms. The Labute approximate surface area is 79.5 Å². The highest BCUT2D eigenvalue weighted by atomic mass is 16.1. The number of rotatable bonds is 4. The molecule has 0 atom stereocenters. The van der Waals surface area contributed by atoms with E-state index in [-0.39, 0.29) is 11.9 Å². The van der Waals surface area contributed by atoms with E-state index < -0.39 is 0 Å². The molecule has 1 aliphatic heterocycles. The molecule has 0 unspecified atom stereocenters. The predicted molar refractivity (Wildman–Crippen MR) is 52.3 cm³/mol. The van der Waals surface area contributed by atoms with Gasteiger partial charge in [0.1, 0.15) is 0 Å². The van der Waals surface area contributed by atoms with Crippen molar-refractivity contribution in [3.05, 3.63) is 0 Å². The summed E-state index contributed by atoms with van der Waals surface area (Å²) >= 11 is 0. The molecule has 1 rings (SSSR count). The van der Waals surface area contributed by atoms with E-state index in [1.54, 1.807) is 0 Å². The van der Waals surface area contributed by atoms with Crippen LogP contribution in [0.25, 0.3) is 0 Å². The Morgan fingerprint density at radius 1 is 1.62 bits per heavy atom. The maximum Gasteiger partial charge on any atom is 0.221 e. The number of hydrogen-bond donors (Lipinski definition) is 2. The normalized spacial score (nSPS) is 18.8. The lowest BCUT2D eigenvalue weighted by Gasteiger charge is -2.36. The molecule has 1 aliphatic rings. The zero-order chi connectivity index (χ0) is 9.84. The van der Waals surface area contributed by atoms with Crippen LogP contribution in [0.15, 0.2) is 0 Å². The number of likely N-dealkylation sites (tertiary alicyclic amines) is 1. The first kappa shape index (κ1) is 10.5. The summed E-state index contributed by atoms with van der Waals surface area (Å²) in [4.78, 5) is 13.4. The van der Waals surface area contributed by atoms with E-state index in [2.05, 4.69) is 10.2 Å². The Morgan fingerprint density at radius 3 is 2.69 bits per heavy atom. The van der Waals surface area contributed by atoms with Crippen LogP contribution < -0.4 is 11.1 Å². The van der Waals surface area contributed by atoms with Crippen LogP contribution in [-0.4, -0.2) is 42.5 Å². The fraction of sp³-hybridized carbons (Fsp3) is 0.889. The summed E-state index contributed by atoms with van der Waals surface area (Å²) in [5.74, 6) is 0.135. The Hall–Kier alpha value is -0.610. The van der Waals surface area contributed by atoms with E-state index in [0.717, 1.165) is 19.6 Å². The summed E-state index contributed by atoms with van der Waals surface area (Å²) in [5, 5.41) is 2.86. The van der Waals surface area contributed by atoms with Gasteiger partial charge in [-0.25, -0.2) is 0 Å². The summed E-state index contributed by atoms with van der Waals surface area (Å²) in [6.45, 7) is 6.66. The fourth-order valence-corrected chi connectivity index (χ4v) is 1.45. The minimum absolute atomic E-state index is 0.135. The highest BCUT2D eigenvalue weighted by Crippen LogP contribution is 2.04. The highest BCUT2D eigenvalue weighted by molar-refractivity contribution is 5.76. The van der Waals surface area contributed by atoms with Crippen LogP contribution in [0.3, 0.4) is 0 Å². The topological polar surface area (TPSA) is 58.4 Å². The Morgan fingerprint density at radius 2 is 2.23 bits per heavy atom. The van der Waals surface area contributed by atoms with Crippen molar-refractivity contribution in [2.24, 2.45) is 5.73 Å². The third-order valence-corrected chi connectivity index (χ3v) is 2.09. The zero-order valence-corrected chi connectivity index (χ0v) is 8.42. The number of carbonyl (C=O) groups is 1. The van der Waals surface area contributed by atoms with Gasteiger partial charge in [0.15, 0.2) is 0 Å². The smallest absolute Gasteiger partial charge is 0.221 e. The van der Waals surface area contributed by atoms with Crippen molar-refractivity contribution < 1.29 is 4.79 Å². The standard InChI is InChI=1S/C9H19N3O/c1-7(2)11-9(13)3-4-12-5-8(10)6-12/h7-8H,3-6,10H2,1-2H3,(H,11,13). The van der Waals surface area contributed by atoms with Gasteiger partial charge in [0.25, 0.3) is 0 Å². The predicted octanol–water partition coefficient (Wildman–Crippen LogP) is -0.456. The van der Waals surface area contributed by atoms with Gasteiger partial charge in [-0.05, 0) is 13.8 Å². The highest BCUT2D eigenvalue weighted by Gasteiger charge is 2.22. The van der Waals surface area contributed by atoms with Crippen molar-refractivity contribution in [3.63, 3.8) is 0 Å². The molecule has 0 saturated carbocycles. The molecule has 0 aromatic rings. The van der Waals surface area contributed by atoms with Gasteiger partial charge < -0.3 is 11.1 Å². The first-order valence-corrected chi connectivity index (χ1v) is 4.85. The van der Waals surface area contributed by atoms with Gasteiger partial charge in [0.2, 0.25) is 5.91 Å². The number of nitrogens with two attached hydrogens (primary N) is 1. The molecule has 0 aliphatic carbocycles. The lowest BCUT2D eigenvalue weighted by Crippen LogP contribution is -2.56. The van der Waals surface area contributed by atoms with Gasteiger partial charge in [-0.1, -0.05) is 0 Å². The van der Waals surface area contributed by atoms with E-state index >= 15 is 0 Å². The molecule has 0 spiro atoms. The third kappa shape index (κ3) is 3.74. The Bertz CT molecular complexity index is 176. The van der Waals surface area contributed by atoms with E-state index in [1.807, 2.05) is 13.8 Å². The number of nitrogens with zero attached hydrogens (tertiary/aromatic N) is 1. The molecular weight excluding hydrogens is 166 g/mol. The van der Waals surface area contributed by atoms with Crippen molar-refractivity contribution in [1.29, 1.82) is 0 Å². The maximum absolute atomic E-state index is 11.2. The average Bonchev–Trinajstić information content (AvgIpc) is 1.94. The number of amides is 1. The van der Waals surface area contributed by atoms with Gasteiger partial charge in [-0.15, -0.1) is 0 Å². The molecule has 1 saturated heterocycles. The molecule has 0 aromatic carbocycles. The first-order chi connectivity index (χ1) is 6.08. The average molecular weight is 185 g/mol. The van der Waals surface area contributed by atoms with Crippen molar-refractivity contribution in [1.82, 2.24) is 10.2 Å². The lowest BCUT2D eigenvalue weighted by molar-refractivity contribution is -0.122. The minimum Gasteiger partial charge on any atom is -0.354 e. The van der Waals surface area contributed by atoms with Crippen molar-refractivity contribution in [3.8, 4) is 0 Å². The molecule has 1 amide bonds. The molecule has 1 heterocycles. The Balaban J connectivity index is 2.02. The largest absolute Gasteiger partial charge is 0.354 e. The molecule has 4 heteroatoms. The molecule has 0 radical (unpaired) electrons. The van der Waals surface area contributed by atoms with Gasteiger partial charge >= 0.3 is 0 Å². The summed E-state index contributed by atoms with van der Waals surface area (Å²) < 4.78 is 0. The number of carbonyl (C=O) groups excluding carboxylic acids is 1. The monoisotopic (exact) mass is 185 g/mol. The minimum atomic E-state index is 0.135. The number of nitrogens with one attached hydrogen (secondary N) is 1. The Kier molecular flexibility index (Phi) is 3.69. The van der Waals surface area contributed by atoms with Crippen LogP contribution in [0.2, 0.25) is 0 Å². The van der Waals surface area contributed by atoms with Gasteiger partial charge in [-0.3, -0.25) is 9.69 Å². The second-order valence-corrected chi connectivity index (χ2v) is 3.99. The zero-order valence-electron chi connectivity index (χ0n) is 8.42. The first-order valence-electron chi connectivity index (χ1n) is 4.85. The van der Waals surface area contributed by atoms with Crippen molar-refractivity contribution in [2.75, 3.05) is 19.6 Å². The third-order valence-electron chi connectivity index (χ3n) is 2.09. The fourth-order valence-electron chi connectivity index (χ4n) is 1.45. The van der Waals surface area contributed by atoms with Gasteiger partial charge in [0, 0.05) is 38.1 Å². The van der Waals surface area contributed by atoms with Crippen LogP contribution in [0, 0.1) is 0 Å². The van der Waals surface area contributed by atoms with Gasteiger partial charge in [0.05, 0.1) is 0 Å².